The van der Waals surface area contributed by atoms with E-state index in [9.17, 15) is 14.4 Å². The SMILES string of the molecule is CC(=O)Nc1ccc(CC(=O)NC2CC(=O)N(c3ccc(Oc4ccccc4)cc3)C2)cc1. The molecule has 4 rings (SSSR count). The van der Waals surface area contributed by atoms with Gasteiger partial charge in [-0.3, -0.25) is 14.4 Å². The Hall–Kier alpha value is -4.13. The van der Waals surface area contributed by atoms with Gasteiger partial charge in [0.1, 0.15) is 11.5 Å². The average molecular weight is 444 g/mol. The Morgan fingerprint density at radius 1 is 0.939 bits per heavy atom. The van der Waals surface area contributed by atoms with E-state index in [0.29, 0.717) is 18.0 Å². The number of anilines is 2. The number of amides is 3. The van der Waals surface area contributed by atoms with Gasteiger partial charge in [0.25, 0.3) is 0 Å². The normalized spacial score (nSPS) is 15.2. The summed E-state index contributed by atoms with van der Waals surface area (Å²) in [5, 5.41) is 5.65. The molecule has 1 atom stereocenters. The molecule has 1 aliphatic heterocycles. The lowest BCUT2D eigenvalue weighted by atomic mass is 10.1. The van der Waals surface area contributed by atoms with Crippen LogP contribution >= 0.6 is 0 Å². The first-order valence-corrected chi connectivity index (χ1v) is 10.8. The van der Waals surface area contributed by atoms with E-state index >= 15 is 0 Å². The third kappa shape index (κ3) is 5.98. The van der Waals surface area contributed by atoms with Crippen molar-refractivity contribution in [1.82, 2.24) is 5.32 Å². The second-order valence-corrected chi connectivity index (χ2v) is 7.94. The molecule has 0 saturated carbocycles. The van der Waals surface area contributed by atoms with E-state index in [2.05, 4.69) is 10.6 Å². The molecule has 0 radical (unpaired) electrons. The quantitative estimate of drug-likeness (QED) is 0.580. The van der Waals surface area contributed by atoms with Crippen molar-refractivity contribution in [2.75, 3.05) is 16.8 Å². The van der Waals surface area contributed by atoms with Gasteiger partial charge < -0.3 is 20.3 Å². The fourth-order valence-corrected chi connectivity index (χ4v) is 3.75. The molecule has 168 valence electrons. The number of nitrogens with one attached hydrogen (secondary N) is 2. The van der Waals surface area contributed by atoms with E-state index < -0.39 is 0 Å². The van der Waals surface area contributed by atoms with E-state index in [0.717, 1.165) is 17.0 Å². The van der Waals surface area contributed by atoms with Crippen molar-refractivity contribution in [3.8, 4) is 11.5 Å². The summed E-state index contributed by atoms with van der Waals surface area (Å²) in [5.74, 6) is 1.11. The zero-order valence-electron chi connectivity index (χ0n) is 18.3. The van der Waals surface area contributed by atoms with Crippen LogP contribution in [-0.2, 0) is 20.8 Å². The lowest BCUT2D eigenvalue weighted by Gasteiger charge is -2.18. The standard InChI is InChI=1S/C26H25N3O4/c1-18(30)27-20-9-7-19(8-10-20)15-25(31)28-21-16-26(32)29(17-21)22-11-13-24(14-12-22)33-23-5-3-2-4-6-23/h2-14,21H,15-17H2,1H3,(H,27,30)(H,28,31). The highest BCUT2D eigenvalue weighted by molar-refractivity contribution is 5.97. The highest BCUT2D eigenvalue weighted by Gasteiger charge is 2.31. The van der Waals surface area contributed by atoms with E-state index in [4.69, 9.17) is 4.74 Å². The number of rotatable bonds is 7. The van der Waals surface area contributed by atoms with Gasteiger partial charge in [0.05, 0.1) is 12.5 Å². The topological polar surface area (TPSA) is 87.7 Å². The van der Waals surface area contributed by atoms with Crippen LogP contribution in [0.2, 0.25) is 0 Å². The van der Waals surface area contributed by atoms with Gasteiger partial charge in [0, 0.05) is 31.3 Å². The second kappa shape index (κ2) is 9.99. The van der Waals surface area contributed by atoms with Crippen molar-refractivity contribution >= 4 is 29.1 Å². The average Bonchev–Trinajstić information content (AvgIpc) is 3.15. The largest absolute Gasteiger partial charge is 0.457 e. The molecule has 33 heavy (non-hydrogen) atoms. The van der Waals surface area contributed by atoms with Crippen LogP contribution in [0.5, 0.6) is 11.5 Å². The van der Waals surface area contributed by atoms with Gasteiger partial charge in [-0.1, -0.05) is 30.3 Å². The van der Waals surface area contributed by atoms with E-state index in [1.807, 2.05) is 54.6 Å². The van der Waals surface area contributed by atoms with Gasteiger partial charge in [0.15, 0.2) is 0 Å². The highest BCUT2D eigenvalue weighted by atomic mass is 16.5. The lowest BCUT2D eigenvalue weighted by molar-refractivity contribution is -0.121. The van der Waals surface area contributed by atoms with Crippen molar-refractivity contribution in [3.05, 3.63) is 84.4 Å². The van der Waals surface area contributed by atoms with E-state index in [-0.39, 0.29) is 36.6 Å². The minimum Gasteiger partial charge on any atom is -0.457 e. The van der Waals surface area contributed by atoms with Crippen LogP contribution in [0.1, 0.15) is 18.9 Å². The molecule has 0 bridgehead atoms. The molecule has 1 heterocycles. The van der Waals surface area contributed by atoms with Crippen LogP contribution in [0.25, 0.3) is 0 Å². The predicted octanol–water partition coefficient (Wildman–Crippen LogP) is 3.90. The Balaban J connectivity index is 1.30. The number of carbonyl (C=O) groups is 3. The number of nitrogens with zero attached hydrogens (tertiary/aromatic N) is 1. The molecule has 1 aliphatic rings. The molecule has 0 aliphatic carbocycles. The zero-order valence-corrected chi connectivity index (χ0v) is 18.3. The Kier molecular flexibility index (Phi) is 6.69. The molecule has 3 aromatic carbocycles. The first-order chi connectivity index (χ1) is 16.0. The summed E-state index contributed by atoms with van der Waals surface area (Å²) in [6.07, 6.45) is 0.464. The summed E-state index contributed by atoms with van der Waals surface area (Å²) in [5.41, 5.74) is 2.28. The molecule has 0 spiro atoms. The Morgan fingerprint density at radius 3 is 2.27 bits per heavy atom. The Bertz CT molecular complexity index is 1130. The molecule has 7 nitrogen and oxygen atoms in total. The van der Waals surface area contributed by atoms with Gasteiger partial charge in [-0.15, -0.1) is 0 Å². The molecule has 0 aromatic heterocycles. The number of benzene rings is 3. The number of carbonyl (C=O) groups excluding carboxylic acids is 3. The smallest absolute Gasteiger partial charge is 0.229 e. The van der Waals surface area contributed by atoms with Gasteiger partial charge >= 0.3 is 0 Å². The van der Waals surface area contributed by atoms with Gasteiger partial charge in [0.2, 0.25) is 17.7 Å². The first kappa shape index (κ1) is 22.1. The third-order valence-corrected chi connectivity index (χ3v) is 5.26. The molecule has 1 unspecified atom stereocenters. The van der Waals surface area contributed by atoms with Crippen molar-refractivity contribution in [2.24, 2.45) is 0 Å². The Morgan fingerprint density at radius 2 is 1.61 bits per heavy atom. The lowest BCUT2D eigenvalue weighted by Crippen LogP contribution is -2.38. The minimum atomic E-state index is -0.246. The van der Waals surface area contributed by atoms with Crippen molar-refractivity contribution in [3.63, 3.8) is 0 Å². The van der Waals surface area contributed by atoms with Gasteiger partial charge in [-0.05, 0) is 54.1 Å². The fraction of sp³-hybridized carbons (Fsp3) is 0.192. The summed E-state index contributed by atoms with van der Waals surface area (Å²) in [7, 11) is 0. The fourth-order valence-electron chi connectivity index (χ4n) is 3.75. The van der Waals surface area contributed by atoms with Crippen molar-refractivity contribution in [2.45, 2.75) is 25.8 Å². The number of ether oxygens (including phenoxy) is 1. The molecule has 3 aromatic rings. The maximum atomic E-state index is 12.5. The molecular weight excluding hydrogens is 418 g/mol. The molecular formula is C26H25N3O4. The molecule has 1 fully saturated rings. The van der Waals surface area contributed by atoms with Crippen LogP contribution in [0.3, 0.4) is 0 Å². The number of para-hydroxylation sites is 1. The van der Waals surface area contributed by atoms with E-state index in [1.54, 1.807) is 29.2 Å². The monoisotopic (exact) mass is 443 g/mol. The maximum Gasteiger partial charge on any atom is 0.229 e. The maximum absolute atomic E-state index is 12.5. The number of hydrogen-bond acceptors (Lipinski definition) is 4. The Labute approximate surface area is 192 Å². The second-order valence-electron chi connectivity index (χ2n) is 7.94. The summed E-state index contributed by atoms with van der Waals surface area (Å²) in [4.78, 5) is 37.8. The van der Waals surface area contributed by atoms with E-state index in [1.165, 1.54) is 6.92 Å². The molecule has 1 saturated heterocycles. The third-order valence-electron chi connectivity index (χ3n) is 5.26. The van der Waals surface area contributed by atoms with Gasteiger partial charge in [-0.25, -0.2) is 0 Å². The van der Waals surface area contributed by atoms with Crippen LogP contribution in [0.4, 0.5) is 11.4 Å². The van der Waals surface area contributed by atoms with Crippen LogP contribution in [0, 0.1) is 0 Å². The van der Waals surface area contributed by atoms with Gasteiger partial charge in [-0.2, -0.15) is 0 Å². The summed E-state index contributed by atoms with van der Waals surface area (Å²) in [6, 6.07) is 23.7. The summed E-state index contributed by atoms with van der Waals surface area (Å²) in [6.45, 7) is 1.87. The molecule has 2 N–H and O–H groups in total. The van der Waals surface area contributed by atoms with Crippen LogP contribution < -0.4 is 20.3 Å². The number of hydrogen-bond donors (Lipinski definition) is 2. The molecule has 3 amide bonds. The molecule has 7 heteroatoms. The summed E-state index contributed by atoms with van der Waals surface area (Å²) < 4.78 is 5.80. The van der Waals surface area contributed by atoms with Crippen molar-refractivity contribution < 1.29 is 19.1 Å². The summed E-state index contributed by atoms with van der Waals surface area (Å²) >= 11 is 0. The van der Waals surface area contributed by atoms with Crippen molar-refractivity contribution in [1.29, 1.82) is 0 Å². The van der Waals surface area contributed by atoms with Crippen LogP contribution in [0.15, 0.2) is 78.9 Å². The predicted molar refractivity (Wildman–Crippen MR) is 126 cm³/mol. The minimum absolute atomic E-state index is 0.0308. The zero-order chi connectivity index (χ0) is 23.2. The first-order valence-electron chi connectivity index (χ1n) is 10.8. The van der Waals surface area contributed by atoms with Crippen LogP contribution in [-0.4, -0.2) is 30.3 Å². The highest BCUT2D eigenvalue weighted by Crippen LogP contribution is 2.27.